The summed E-state index contributed by atoms with van der Waals surface area (Å²) in [4.78, 5) is 4.04. The fourth-order valence-corrected chi connectivity index (χ4v) is 5.26. The molecule has 0 nitrogen and oxygen atoms in total. The Labute approximate surface area is 133 Å². The molecule has 2 aromatic rings. The first-order valence-corrected chi connectivity index (χ1v) is 8.04. The quantitative estimate of drug-likeness (QED) is 0.318. The van der Waals surface area contributed by atoms with Gasteiger partial charge in [-0.05, 0) is 12.1 Å². The van der Waals surface area contributed by atoms with Crippen molar-refractivity contribution in [3.05, 3.63) is 44.4 Å². The number of halogens is 4. The maximum Gasteiger partial charge on any atom is 0.0806 e. The molecular weight excluding hydrogens is 350 g/mol. The van der Waals surface area contributed by atoms with E-state index in [4.69, 9.17) is 46.4 Å². The molecule has 1 aliphatic rings. The van der Waals surface area contributed by atoms with Crippen molar-refractivity contribution in [3.8, 4) is 0 Å². The molecule has 0 bridgehead atoms. The van der Waals surface area contributed by atoms with E-state index in [1.54, 1.807) is 23.5 Å². The number of benzene rings is 2. The molecular formula is C12H4Cl4S2. The predicted molar refractivity (Wildman–Crippen MR) is 81.2 cm³/mol. The van der Waals surface area contributed by atoms with Crippen LogP contribution in [0.25, 0.3) is 0 Å². The topological polar surface area (TPSA) is 0 Å². The zero-order valence-corrected chi connectivity index (χ0v) is 13.3. The van der Waals surface area contributed by atoms with Gasteiger partial charge in [-0.2, -0.15) is 0 Å². The Kier molecular flexibility index (Phi) is 3.70. The van der Waals surface area contributed by atoms with Crippen LogP contribution < -0.4 is 0 Å². The third kappa shape index (κ3) is 2.04. The van der Waals surface area contributed by atoms with Crippen LogP contribution in [0.1, 0.15) is 0 Å². The lowest BCUT2D eigenvalue weighted by molar-refractivity contribution is 1.16. The van der Waals surface area contributed by atoms with Crippen molar-refractivity contribution < 1.29 is 0 Å². The van der Waals surface area contributed by atoms with Crippen molar-refractivity contribution >= 4 is 69.9 Å². The summed E-state index contributed by atoms with van der Waals surface area (Å²) in [5.74, 6) is 0. The molecule has 3 rings (SSSR count). The number of hydrogen-bond donors (Lipinski definition) is 0. The average molecular weight is 354 g/mol. The third-order valence-electron chi connectivity index (χ3n) is 2.46. The number of hydrogen-bond acceptors (Lipinski definition) is 2. The van der Waals surface area contributed by atoms with Crippen molar-refractivity contribution in [1.29, 1.82) is 0 Å². The molecule has 0 unspecified atom stereocenters. The first-order chi connectivity index (χ1) is 8.59. The van der Waals surface area contributed by atoms with Gasteiger partial charge in [0.1, 0.15) is 0 Å². The van der Waals surface area contributed by atoms with Crippen molar-refractivity contribution in [2.45, 2.75) is 19.6 Å². The van der Waals surface area contributed by atoms with Crippen LogP contribution in [0.5, 0.6) is 0 Å². The Morgan fingerprint density at radius 3 is 1.39 bits per heavy atom. The van der Waals surface area contributed by atoms with E-state index in [9.17, 15) is 0 Å². The molecule has 2 aromatic carbocycles. The first kappa shape index (κ1) is 13.3. The van der Waals surface area contributed by atoms with Gasteiger partial charge in [0.15, 0.2) is 0 Å². The highest BCUT2D eigenvalue weighted by Gasteiger charge is 2.26. The summed E-state index contributed by atoms with van der Waals surface area (Å²) in [6.45, 7) is 0. The molecule has 0 saturated heterocycles. The average Bonchev–Trinajstić information content (AvgIpc) is 2.41. The normalized spacial score (nSPS) is 13.1. The van der Waals surface area contributed by atoms with Gasteiger partial charge in [0.25, 0.3) is 0 Å². The van der Waals surface area contributed by atoms with Crippen LogP contribution in [0.15, 0.2) is 43.8 Å². The van der Waals surface area contributed by atoms with Crippen molar-refractivity contribution in [2.24, 2.45) is 0 Å². The molecule has 0 atom stereocenters. The van der Waals surface area contributed by atoms with E-state index >= 15 is 0 Å². The highest BCUT2D eigenvalue weighted by Crippen LogP contribution is 2.56. The molecule has 0 aliphatic carbocycles. The molecule has 92 valence electrons. The predicted octanol–water partition coefficient (Wildman–Crippen LogP) is 6.92. The van der Waals surface area contributed by atoms with Gasteiger partial charge in [-0.1, -0.05) is 82.1 Å². The molecule has 0 aromatic heterocycles. The summed E-state index contributed by atoms with van der Waals surface area (Å²) in [6, 6.07) is 8.07. The fourth-order valence-electron chi connectivity index (χ4n) is 1.61. The van der Waals surface area contributed by atoms with Gasteiger partial charge < -0.3 is 0 Å². The van der Waals surface area contributed by atoms with Crippen molar-refractivity contribution in [3.63, 3.8) is 0 Å². The third-order valence-corrected chi connectivity index (χ3v) is 7.12. The van der Waals surface area contributed by atoms with E-state index < -0.39 is 0 Å². The van der Waals surface area contributed by atoms with Gasteiger partial charge in [-0.25, -0.2) is 0 Å². The van der Waals surface area contributed by atoms with E-state index in [1.165, 1.54) is 0 Å². The standard InChI is InChI=1S/C12H4Cl4S2/c13-7-8(14)10(16)12-11(9(7)15)17-5-3-1-2-4-6(5)18-12/h1-4H. The monoisotopic (exact) mass is 352 g/mol. The molecule has 1 heterocycles. The van der Waals surface area contributed by atoms with Gasteiger partial charge in [0.2, 0.25) is 0 Å². The summed E-state index contributed by atoms with van der Waals surface area (Å²) < 4.78 is 0. The summed E-state index contributed by atoms with van der Waals surface area (Å²) in [5.41, 5.74) is 0. The highest BCUT2D eigenvalue weighted by atomic mass is 35.5. The Bertz CT molecular complexity index is 599. The summed E-state index contributed by atoms with van der Waals surface area (Å²) in [5, 5.41) is 1.56. The van der Waals surface area contributed by atoms with Gasteiger partial charge in [-0.15, -0.1) is 0 Å². The maximum absolute atomic E-state index is 6.25. The molecule has 0 N–H and O–H groups in total. The number of rotatable bonds is 0. The van der Waals surface area contributed by atoms with Crippen LogP contribution in [-0.4, -0.2) is 0 Å². The SMILES string of the molecule is Clc1c(Cl)c(Cl)c2c(c1Cl)Sc1ccccc1S2. The lowest BCUT2D eigenvalue weighted by Gasteiger charge is -2.21. The van der Waals surface area contributed by atoms with Crippen LogP contribution in [-0.2, 0) is 0 Å². The van der Waals surface area contributed by atoms with Gasteiger partial charge in [0, 0.05) is 19.6 Å². The molecule has 0 fully saturated rings. The second-order valence-electron chi connectivity index (χ2n) is 3.57. The first-order valence-electron chi connectivity index (χ1n) is 4.90. The van der Waals surface area contributed by atoms with Crippen molar-refractivity contribution in [1.82, 2.24) is 0 Å². The smallest absolute Gasteiger partial charge is 0.0806 e. The second kappa shape index (κ2) is 5.01. The lowest BCUT2D eigenvalue weighted by Crippen LogP contribution is -1.93. The molecule has 0 saturated carbocycles. The zero-order valence-electron chi connectivity index (χ0n) is 8.64. The van der Waals surface area contributed by atoms with Crippen LogP contribution in [0.4, 0.5) is 0 Å². The Morgan fingerprint density at radius 2 is 1.00 bits per heavy atom. The minimum absolute atomic E-state index is 0.314. The minimum atomic E-state index is 0.314. The largest absolute Gasteiger partial charge is 0.0860 e. The summed E-state index contributed by atoms with van der Waals surface area (Å²) in [7, 11) is 0. The van der Waals surface area contributed by atoms with E-state index in [2.05, 4.69) is 0 Å². The molecule has 6 heteroatoms. The second-order valence-corrected chi connectivity index (χ2v) is 7.18. The molecule has 18 heavy (non-hydrogen) atoms. The molecule has 1 aliphatic heterocycles. The lowest BCUT2D eigenvalue weighted by atomic mass is 10.3. The van der Waals surface area contributed by atoms with Crippen LogP contribution in [0.3, 0.4) is 0 Å². The maximum atomic E-state index is 6.25. The molecule has 0 radical (unpaired) electrons. The number of fused-ring (bicyclic) bond motifs is 2. The van der Waals surface area contributed by atoms with Gasteiger partial charge >= 0.3 is 0 Å². The van der Waals surface area contributed by atoms with Crippen molar-refractivity contribution in [2.75, 3.05) is 0 Å². The molecule has 0 amide bonds. The van der Waals surface area contributed by atoms with Crippen LogP contribution in [0.2, 0.25) is 20.1 Å². The van der Waals surface area contributed by atoms with Gasteiger partial charge in [-0.3, -0.25) is 0 Å². The van der Waals surface area contributed by atoms with E-state index in [1.807, 2.05) is 24.3 Å². The van der Waals surface area contributed by atoms with E-state index in [-0.39, 0.29) is 0 Å². The van der Waals surface area contributed by atoms with Gasteiger partial charge in [0.05, 0.1) is 20.1 Å². The zero-order chi connectivity index (χ0) is 12.9. The minimum Gasteiger partial charge on any atom is -0.0860 e. The van der Waals surface area contributed by atoms with E-state index in [0.717, 1.165) is 19.6 Å². The highest BCUT2D eigenvalue weighted by molar-refractivity contribution is 8.05. The Morgan fingerprint density at radius 1 is 0.611 bits per heavy atom. The van der Waals surface area contributed by atoms with E-state index in [0.29, 0.717) is 20.1 Å². The summed E-state index contributed by atoms with van der Waals surface area (Å²) in [6.07, 6.45) is 0. The Balaban J connectivity index is 2.25. The fraction of sp³-hybridized carbons (Fsp3) is 0. The Hall–Kier alpha value is 0.300. The van der Waals surface area contributed by atoms with Crippen LogP contribution in [0, 0.1) is 0 Å². The van der Waals surface area contributed by atoms with Crippen LogP contribution >= 0.6 is 69.9 Å². The summed E-state index contributed by atoms with van der Waals surface area (Å²) >= 11 is 27.8. The molecule has 0 spiro atoms.